The molecule has 0 unspecified atom stereocenters. The van der Waals surface area contributed by atoms with E-state index < -0.39 is 22.3 Å². The van der Waals surface area contributed by atoms with E-state index >= 15 is 0 Å². The van der Waals surface area contributed by atoms with Crippen molar-refractivity contribution in [3.63, 3.8) is 0 Å². The summed E-state index contributed by atoms with van der Waals surface area (Å²) in [5.74, 6) is -0.643. The third-order valence-corrected chi connectivity index (χ3v) is 2.89. The first-order chi connectivity index (χ1) is 7.70. The number of benzene rings is 1. The maximum Gasteiger partial charge on any atom is 1.00 e. The van der Waals surface area contributed by atoms with Gasteiger partial charge in [0.1, 0.15) is 6.61 Å². The molecule has 0 spiro atoms. The van der Waals surface area contributed by atoms with Crippen molar-refractivity contribution in [1.82, 2.24) is 0 Å². The van der Waals surface area contributed by atoms with Crippen LogP contribution in [0.25, 0.3) is 0 Å². The molecule has 0 aliphatic rings. The average Bonchev–Trinajstić information content (AvgIpc) is 2.15. The van der Waals surface area contributed by atoms with Crippen molar-refractivity contribution < 1.29 is 77.5 Å². The number of hydrogen-bond acceptors (Lipinski definition) is 3. The second kappa shape index (κ2) is 7.30. The molecule has 0 aliphatic heterocycles. The average molecular weight is 306 g/mol. The van der Waals surface area contributed by atoms with Crippen molar-refractivity contribution in [1.29, 1.82) is 0 Å². The number of hydrogen-bond donors (Lipinski definition) is 0. The van der Waals surface area contributed by atoms with Gasteiger partial charge in [-0.3, -0.25) is 0 Å². The summed E-state index contributed by atoms with van der Waals surface area (Å²) >= 11 is 0. The summed E-state index contributed by atoms with van der Waals surface area (Å²) in [7, 11) is -3.24. The van der Waals surface area contributed by atoms with E-state index in [1.807, 2.05) is 0 Å². The monoisotopic (exact) mass is 306 g/mol. The molecule has 9 heteroatoms. The second-order valence-corrected chi connectivity index (χ2v) is 5.85. The van der Waals surface area contributed by atoms with Crippen molar-refractivity contribution in [2.75, 3.05) is 18.6 Å². The van der Waals surface area contributed by atoms with Crippen LogP contribution in [0.5, 0.6) is 5.75 Å². The Morgan fingerprint density at radius 3 is 2.28 bits per heavy atom. The Morgan fingerprint density at radius 1 is 1.22 bits per heavy atom. The molecule has 0 aromatic heterocycles. The number of rotatable bonds is 5. The molecule has 0 amide bonds. The van der Waals surface area contributed by atoms with Crippen LogP contribution in [0, 0.1) is 0 Å². The van der Waals surface area contributed by atoms with E-state index in [1.54, 1.807) is 0 Å². The SMILES string of the molecule is CS(=O)(=O)CCOc1ccccc1[B-](F)(F)F.[K+]. The maximum atomic E-state index is 12.6. The zero-order chi connectivity index (χ0) is 13.1. The minimum atomic E-state index is -5.16. The standard InChI is InChI=1S/C9H11BF3O3S.K/c1-17(14,15)7-6-16-9-5-3-2-4-8(9)10(11,12)13;/h2-5H,6-7H2,1H3;/q-1;+1. The van der Waals surface area contributed by atoms with E-state index in [2.05, 4.69) is 0 Å². The van der Waals surface area contributed by atoms with Crippen LogP contribution in [0.4, 0.5) is 12.9 Å². The van der Waals surface area contributed by atoms with Crippen LogP contribution in [0.15, 0.2) is 24.3 Å². The predicted molar refractivity (Wildman–Crippen MR) is 60.4 cm³/mol. The largest absolute Gasteiger partial charge is 1.00 e. The van der Waals surface area contributed by atoms with E-state index in [0.717, 1.165) is 12.3 Å². The summed E-state index contributed by atoms with van der Waals surface area (Å²) < 4.78 is 64.2. The summed E-state index contributed by atoms with van der Waals surface area (Å²) in [5.41, 5.74) is -0.846. The normalized spacial score (nSPS) is 11.8. The summed E-state index contributed by atoms with van der Waals surface area (Å²) in [6, 6.07) is 4.75. The quantitative estimate of drug-likeness (QED) is 0.601. The zero-order valence-corrected chi connectivity index (χ0v) is 14.0. The molecular weight excluding hydrogens is 295 g/mol. The number of halogens is 3. The maximum absolute atomic E-state index is 12.6. The molecule has 1 aromatic carbocycles. The molecule has 0 atom stereocenters. The van der Waals surface area contributed by atoms with Gasteiger partial charge in [-0.1, -0.05) is 23.7 Å². The fourth-order valence-corrected chi connectivity index (χ4v) is 1.57. The van der Waals surface area contributed by atoms with Gasteiger partial charge in [-0.2, -0.15) is 0 Å². The van der Waals surface area contributed by atoms with Gasteiger partial charge in [0.2, 0.25) is 0 Å². The van der Waals surface area contributed by atoms with Crippen LogP contribution in [0.3, 0.4) is 0 Å². The van der Waals surface area contributed by atoms with E-state index in [9.17, 15) is 21.4 Å². The molecule has 0 bridgehead atoms. The zero-order valence-electron chi connectivity index (χ0n) is 10.1. The van der Waals surface area contributed by atoms with Gasteiger partial charge in [0.05, 0.1) is 11.5 Å². The Kier molecular flexibility index (Phi) is 7.49. The van der Waals surface area contributed by atoms with Crippen molar-refractivity contribution in [2.24, 2.45) is 0 Å². The van der Waals surface area contributed by atoms with E-state index in [0.29, 0.717) is 0 Å². The molecule has 1 rings (SSSR count). The summed E-state index contributed by atoms with van der Waals surface area (Å²) in [5, 5.41) is 0. The van der Waals surface area contributed by atoms with E-state index in [-0.39, 0.29) is 69.5 Å². The first kappa shape index (κ1) is 18.5. The Hall–Kier alpha value is 0.461. The van der Waals surface area contributed by atoms with Gasteiger partial charge in [0, 0.05) is 6.26 Å². The minimum absolute atomic E-state index is 0. The molecular formula is C9H11BF3KO3S. The van der Waals surface area contributed by atoms with Crippen LogP contribution < -0.4 is 61.6 Å². The van der Waals surface area contributed by atoms with Gasteiger partial charge in [-0.25, -0.2) is 8.42 Å². The van der Waals surface area contributed by atoms with Crippen molar-refractivity contribution in [3.05, 3.63) is 24.3 Å². The van der Waals surface area contributed by atoms with Crippen LogP contribution in [0.1, 0.15) is 0 Å². The number of sulfone groups is 1. The summed E-state index contributed by atoms with van der Waals surface area (Å²) in [6.07, 6.45) is 0.996. The molecule has 1 aromatic rings. The van der Waals surface area contributed by atoms with Crippen LogP contribution in [-0.2, 0) is 9.84 Å². The van der Waals surface area contributed by atoms with E-state index in [1.165, 1.54) is 18.2 Å². The van der Waals surface area contributed by atoms with Gasteiger partial charge in [-0.05, 0) is 6.07 Å². The minimum Gasteiger partial charge on any atom is -0.496 e. The van der Waals surface area contributed by atoms with Gasteiger partial charge in [0.15, 0.2) is 9.84 Å². The second-order valence-electron chi connectivity index (χ2n) is 3.59. The third-order valence-electron chi connectivity index (χ3n) is 1.98. The first-order valence-corrected chi connectivity index (χ1v) is 6.85. The fourth-order valence-electron chi connectivity index (χ4n) is 1.19. The smallest absolute Gasteiger partial charge is 0.496 e. The molecule has 0 heterocycles. The fraction of sp³-hybridized carbons (Fsp3) is 0.333. The summed E-state index contributed by atoms with van der Waals surface area (Å²) in [6.45, 7) is -5.45. The van der Waals surface area contributed by atoms with Gasteiger partial charge in [-0.15, -0.1) is 0 Å². The molecule has 0 saturated carbocycles. The molecule has 0 saturated heterocycles. The van der Waals surface area contributed by atoms with Gasteiger partial charge >= 0.3 is 58.4 Å². The Bertz CT molecular complexity index is 490. The van der Waals surface area contributed by atoms with Crippen molar-refractivity contribution >= 4 is 22.3 Å². The summed E-state index contributed by atoms with van der Waals surface area (Å²) in [4.78, 5) is 0. The van der Waals surface area contributed by atoms with Crippen LogP contribution in [-0.4, -0.2) is 34.0 Å². The number of ether oxygens (including phenoxy) is 1. The number of para-hydroxylation sites is 1. The molecule has 0 radical (unpaired) electrons. The van der Waals surface area contributed by atoms with Gasteiger partial charge in [0.25, 0.3) is 0 Å². The predicted octanol–water partition coefficient (Wildman–Crippen LogP) is -1.83. The Labute approximate surface area is 146 Å². The molecule has 0 aliphatic carbocycles. The van der Waals surface area contributed by atoms with Crippen LogP contribution >= 0.6 is 0 Å². The molecule has 0 N–H and O–H groups in total. The molecule has 18 heavy (non-hydrogen) atoms. The van der Waals surface area contributed by atoms with Gasteiger partial charge < -0.3 is 17.7 Å². The van der Waals surface area contributed by atoms with Crippen LogP contribution in [0.2, 0.25) is 0 Å². The topological polar surface area (TPSA) is 43.4 Å². The molecule has 0 fully saturated rings. The molecule has 3 nitrogen and oxygen atoms in total. The van der Waals surface area contributed by atoms with Crippen molar-refractivity contribution in [2.45, 2.75) is 0 Å². The van der Waals surface area contributed by atoms with E-state index in [4.69, 9.17) is 4.74 Å². The van der Waals surface area contributed by atoms with Crippen molar-refractivity contribution in [3.8, 4) is 5.75 Å². The first-order valence-electron chi connectivity index (χ1n) is 4.79. The molecule has 96 valence electrons. The third kappa shape index (κ3) is 6.58. The Balaban J connectivity index is 0.00000289. The Morgan fingerprint density at radius 2 is 1.78 bits per heavy atom.